The van der Waals surface area contributed by atoms with Crippen LogP contribution >= 0.6 is 0 Å². The average molecular weight is 401 g/mol. The van der Waals surface area contributed by atoms with E-state index in [1.807, 2.05) is 43.8 Å². The molecule has 0 unspecified atom stereocenters. The van der Waals surface area contributed by atoms with Gasteiger partial charge in [0.05, 0.1) is 22.8 Å². The van der Waals surface area contributed by atoms with Crippen LogP contribution < -0.4 is 0 Å². The van der Waals surface area contributed by atoms with Crippen molar-refractivity contribution in [3.63, 3.8) is 0 Å². The van der Waals surface area contributed by atoms with Crippen molar-refractivity contribution in [3.8, 4) is 0 Å². The molecule has 0 atom stereocenters. The van der Waals surface area contributed by atoms with Crippen molar-refractivity contribution >= 4 is 22.8 Å². The molecular weight excluding hydrogens is 368 g/mol. The molecule has 0 fully saturated rings. The van der Waals surface area contributed by atoms with Crippen molar-refractivity contribution in [1.82, 2.24) is 9.55 Å². The van der Waals surface area contributed by atoms with Gasteiger partial charge in [0.1, 0.15) is 5.69 Å². The number of rotatable bonds is 6. The fourth-order valence-electron chi connectivity index (χ4n) is 3.60. The van der Waals surface area contributed by atoms with Crippen LogP contribution in [-0.4, -0.2) is 21.0 Å². The van der Waals surface area contributed by atoms with Crippen LogP contribution in [0.15, 0.2) is 64.7 Å². The molecule has 0 bridgehead atoms. The van der Waals surface area contributed by atoms with Crippen LogP contribution in [0.25, 0.3) is 0 Å². The van der Waals surface area contributed by atoms with Crippen molar-refractivity contribution in [2.75, 3.05) is 0 Å². The number of aromatic nitrogens is 2. The third kappa shape index (κ3) is 4.76. The molecule has 1 heterocycles. The van der Waals surface area contributed by atoms with Gasteiger partial charge < -0.3 is 4.57 Å². The van der Waals surface area contributed by atoms with Crippen LogP contribution in [0.5, 0.6) is 0 Å². The number of aryl methyl sites for hydroxylation is 1. The third-order valence-corrected chi connectivity index (χ3v) is 5.26. The Labute approximate surface area is 180 Å². The fourth-order valence-corrected chi connectivity index (χ4v) is 3.60. The lowest BCUT2D eigenvalue weighted by Gasteiger charge is -2.10. The zero-order valence-electron chi connectivity index (χ0n) is 19.1. The van der Waals surface area contributed by atoms with Crippen molar-refractivity contribution in [2.45, 2.75) is 53.4 Å². The summed E-state index contributed by atoms with van der Waals surface area (Å²) in [5.41, 5.74) is 7.18. The van der Waals surface area contributed by atoms with Crippen molar-refractivity contribution in [1.29, 1.82) is 0 Å². The van der Waals surface area contributed by atoms with Gasteiger partial charge in [0.2, 0.25) is 0 Å². The molecule has 0 aliphatic rings. The number of nitrogens with zero attached hydrogens (tertiary/aromatic N) is 4. The van der Waals surface area contributed by atoms with Gasteiger partial charge in [-0.1, -0.05) is 64.1 Å². The second-order valence-electron chi connectivity index (χ2n) is 8.38. The van der Waals surface area contributed by atoms with E-state index in [2.05, 4.69) is 64.1 Å². The van der Waals surface area contributed by atoms with Gasteiger partial charge in [-0.15, -0.1) is 0 Å². The molecule has 3 aromatic rings. The molecule has 0 aliphatic carbocycles. The van der Waals surface area contributed by atoms with Crippen LogP contribution in [0, 0.1) is 0 Å². The minimum absolute atomic E-state index is 0.421. The minimum atomic E-state index is 0.421. The Kier molecular flexibility index (Phi) is 6.66. The predicted molar refractivity (Wildman–Crippen MR) is 128 cm³/mol. The molecule has 0 N–H and O–H groups in total. The van der Waals surface area contributed by atoms with E-state index >= 15 is 0 Å². The van der Waals surface area contributed by atoms with E-state index in [1.165, 1.54) is 11.1 Å². The molecule has 0 aliphatic heterocycles. The van der Waals surface area contributed by atoms with Gasteiger partial charge in [0.15, 0.2) is 5.82 Å². The topological polar surface area (TPSA) is 42.5 Å². The van der Waals surface area contributed by atoms with Crippen molar-refractivity contribution < 1.29 is 0 Å². The quantitative estimate of drug-likeness (QED) is 0.413. The third-order valence-electron chi connectivity index (χ3n) is 5.26. The van der Waals surface area contributed by atoms with Gasteiger partial charge in [-0.05, 0) is 48.9 Å². The standard InChI is InChI=1S/C26H32N4/c1-17(2)21-12-8-10-14-23(21)27-19(5)25-16-30(7)26(29-25)20(6)28-24-15-11-9-13-22(24)18(3)4/h8-18H,1-7H3. The zero-order valence-corrected chi connectivity index (χ0v) is 19.1. The fraction of sp³-hybridized carbons (Fsp3) is 0.346. The minimum Gasteiger partial charge on any atom is -0.332 e. The molecule has 0 saturated heterocycles. The van der Waals surface area contributed by atoms with Gasteiger partial charge >= 0.3 is 0 Å². The summed E-state index contributed by atoms with van der Waals surface area (Å²) < 4.78 is 2.03. The predicted octanol–water partition coefficient (Wildman–Crippen LogP) is 6.95. The molecule has 30 heavy (non-hydrogen) atoms. The highest BCUT2D eigenvalue weighted by molar-refractivity contribution is 6.02. The Hall–Kier alpha value is -3.01. The molecule has 0 radical (unpaired) electrons. The Morgan fingerprint density at radius 1 is 0.767 bits per heavy atom. The van der Waals surface area contributed by atoms with Crippen LogP contribution in [0.1, 0.15) is 76.0 Å². The molecule has 156 valence electrons. The first-order chi connectivity index (χ1) is 14.3. The molecule has 4 nitrogen and oxygen atoms in total. The Morgan fingerprint density at radius 2 is 1.23 bits per heavy atom. The highest BCUT2D eigenvalue weighted by atomic mass is 15.1. The van der Waals surface area contributed by atoms with Gasteiger partial charge in [-0.2, -0.15) is 0 Å². The molecular formula is C26H32N4. The summed E-state index contributed by atoms with van der Waals surface area (Å²) >= 11 is 0. The molecule has 2 aromatic carbocycles. The summed E-state index contributed by atoms with van der Waals surface area (Å²) in [5.74, 6) is 1.70. The lowest BCUT2D eigenvalue weighted by atomic mass is 10.0. The van der Waals surface area contributed by atoms with Crippen molar-refractivity contribution in [3.05, 3.63) is 77.4 Å². The van der Waals surface area contributed by atoms with Crippen LogP contribution in [0.4, 0.5) is 11.4 Å². The number of imidazole rings is 1. The average Bonchev–Trinajstić information content (AvgIpc) is 3.10. The van der Waals surface area contributed by atoms with Crippen molar-refractivity contribution in [2.24, 2.45) is 17.0 Å². The molecule has 3 rings (SSSR count). The van der Waals surface area contributed by atoms with Crippen LogP contribution in [0.2, 0.25) is 0 Å². The normalized spacial score (nSPS) is 12.8. The number of para-hydroxylation sites is 2. The van der Waals surface area contributed by atoms with E-state index in [-0.39, 0.29) is 0 Å². The van der Waals surface area contributed by atoms with Crippen LogP contribution in [0.3, 0.4) is 0 Å². The maximum atomic E-state index is 4.90. The largest absolute Gasteiger partial charge is 0.332 e. The molecule has 0 saturated carbocycles. The molecule has 1 aromatic heterocycles. The lowest BCUT2D eigenvalue weighted by Crippen LogP contribution is -2.04. The van der Waals surface area contributed by atoms with E-state index in [1.54, 1.807) is 0 Å². The summed E-state index contributed by atoms with van der Waals surface area (Å²) in [4.78, 5) is 14.6. The van der Waals surface area contributed by atoms with E-state index < -0.39 is 0 Å². The number of hydrogen-bond acceptors (Lipinski definition) is 3. The van der Waals surface area contributed by atoms with E-state index in [0.717, 1.165) is 34.3 Å². The number of benzene rings is 2. The monoisotopic (exact) mass is 400 g/mol. The molecule has 0 amide bonds. The summed E-state index contributed by atoms with van der Waals surface area (Å²) in [6.45, 7) is 12.8. The van der Waals surface area contributed by atoms with E-state index in [9.17, 15) is 0 Å². The van der Waals surface area contributed by atoms with Gasteiger partial charge in [0, 0.05) is 13.2 Å². The van der Waals surface area contributed by atoms with E-state index in [4.69, 9.17) is 15.0 Å². The molecule has 4 heteroatoms. The SMILES string of the molecule is CC(=Nc1ccccc1C(C)C)c1cn(C)c(C(C)=Nc2ccccc2C(C)C)n1. The Balaban J connectivity index is 1.96. The first-order valence-electron chi connectivity index (χ1n) is 10.6. The zero-order chi connectivity index (χ0) is 21.8. The maximum Gasteiger partial charge on any atom is 0.154 e. The van der Waals surface area contributed by atoms with E-state index in [0.29, 0.717) is 11.8 Å². The summed E-state index contributed by atoms with van der Waals surface area (Å²) in [7, 11) is 2.01. The highest BCUT2D eigenvalue weighted by Crippen LogP contribution is 2.28. The summed E-state index contributed by atoms with van der Waals surface area (Å²) in [6, 6.07) is 16.6. The summed E-state index contributed by atoms with van der Waals surface area (Å²) in [6.07, 6.45) is 2.03. The maximum absolute atomic E-state index is 4.90. The highest BCUT2D eigenvalue weighted by Gasteiger charge is 2.13. The van der Waals surface area contributed by atoms with Crippen LogP contribution in [-0.2, 0) is 7.05 Å². The molecule has 0 spiro atoms. The number of hydrogen-bond donors (Lipinski definition) is 0. The Morgan fingerprint density at radius 3 is 1.73 bits per heavy atom. The second-order valence-corrected chi connectivity index (χ2v) is 8.38. The number of aliphatic imine (C=N–C) groups is 2. The van der Waals surface area contributed by atoms with Gasteiger partial charge in [-0.25, -0.2) is 9.98 Å². The smallest absolute Gasteiger partial charge is 0.154 e. The Bertz CT molecular complexity index is 1080. The first-order valence-corrected chi connectivity index (χ1v) is 10.6. The second kappa shape index (κ2) is 9.21. The lowest BCUT2D eigenvalue weighted by molar-refractivity contribution is 0.866. The summed E-state index contributed by atoms with van der Waals surface area (Å²) in [5, 5.41) is 0. The van der Waals surface area contributed by atoms with Gasteiger partial charge in [-0.3, -0.25) is 4.99 Å². The van der Waals surface area contributed by atoms with Gasteiger partial charge in [0.25, 0.3) is 0 Å². The first kappa shape index (κ1) is 21.7.